The number of methoxy groups -OCH3 is 1. The predicted octanol–water partition coefficient (Wildman–Crippen LogP) is 1.79. The fourth-order valence-electron chi connectivity index (χ4n) is 5.11. The molecule has 0 saturated carbocycles. The number of esters is 1. The summed E-state index contributed by atoms with van der Waals surface area (Å²) >= 11 is 0. The second-order valence-electron chi connectivity index (χ2n) is 8.24. The van der Waals surface area contributed by atoms with E-state index in [0.29, 0.717) is 18.7 Å². The first-order chi connectivity index (χ1) is 13.0. The van der Waals surface area contributed by atoms with Crippen molar-refractivity contribution in [3.05, 3.63) is 34.4 Å². The molecule has 6 heteroatoms. The number of piperidine rings is 2. The average Bonchev–Trinajstić information content (AvgIpc) is 3.06. The van der Waals surface area contributed by atoms with Gasteiger partial charge in [0.05, 0.1) is 17.8 Å². The predicted molar refractivity (Wildman–Crippen MR) is 102 cm³/mol. The fraction of sp³-hybridized carbons (Fsp3) is 0.667. The molecule has 6 nitrogen and oxygen atoms in total. The number of ether oxygens (including phenoxy) is 2. The Labute approximate surface area is 160 Å². The fourth-order valence-corrected chi connectivity index (χ4v) is 5.11. The van der Waals surface area contributed by atoms with Crippen LogP contribution in [-0.2, 0) is 16.1 Å². The molecule has 3 aliphatic heterocycles. The molecule has 2 unspecified atom stereocenters. The Morgan fingerprint density at radius 1 is 1.37 bits per heavy atom. The Hall–Kier alpha value is -1.47. The van der Waals surface area contributed by atoms with Crippen LogP contribution in [0.5, 0.6) is 0 Å². The van der Waals surface area contributed by atoms with E-state index in [1.54, 1.807) is 6.07 Å². The van der Waals surface area contributed by atoms with Gasteiger partial charge in [-0.1, -0.05) is 6.07 Å². The average molecular weight is 374 g/mol. The first kappa shape index (κ1) is 18.9. The number of rotatable bonds is 4. The Bertz CT molecular complexity index is 712. The molecular weight excluding hydrogens is 344 g/mol. The van der Waals surface area contributed by atoms with Crippen molar-refractivity contribution in [1.82, 2.24) is 10.2 Å². The van der Waals surface area contributed by atoms with Gasteiger partial charge in [0, 0.05) is 31.2 Å². The first-order valence-corrected chi connectivity index (χ1v) is 9.97. The molecule has 3 aliphatic rings. The minimum Gasteiger partial charge on any atom is -0.457 e. The Balaban J connectivity index is 1.40. The lowest BCUT2D eigenvalue weighted by atomic mass is 9.69. The van der Waals surface area contributed by atoms with E-state index in [2.05, 4.69) is 10.2 Å². The molecule has 2 atom stereocenters. The van der Waals surface area contributed by atoms with Crippen molar-refractivity contribution in [2.75, 3.05) is 39.8 Å². The van der Waals surface area contributed by atoms with E-state index < -0.39 is 6.10 Å². The molecule has 1 spiro atoms. The number of carbonyl (C=O) groups is 1. The number of aliphatic hydroxyl groups excluding tert-OH is 1. The number of aliphatic hydroxyl groups is 1. The summed E-state index contributed by atoms with van der Waals surface area (Å²) in [4.78, 5) is 14.1. The smallest absolute Gasteiger partial charge is 0.338 e. The highest BCUT2D eigenvalue weighted by Gasteiger charge is 2.43. The van der Waals surface area contributed by atoms with E-state index in [1.165, 1.54) is 6.42 Å². The molecule has 0 aromatic heterocycles. The maximum atomic E-state index is 11.7. The van der Waals surface area contributed by atoms with Crippen molar-refractivity contribution in [3.8, 4) is 0 Å². The van der Waals surface area contributed by atoms with Gasteiger partial charge in [0.15, 0.2) is 0 Å². The molecule has 4 rings (SSSR count). The molecule has 0 bridgehead atoms. The maximum absolute atomic E-state index is 11.7. The minimum absolute atomic E-state index is 0.259. The highest BCUT2D eigenvalue weighted by atomic mass is 16.5. The molecule has 0 amide bonds. The molecule has 1 aromatic rings. The lowest BCUT2D eigenvalue weighted by molar-refractivity contribution is -0.0703. The molecule has 148 valence electrons. The molecule has 2 saturated heterocycles. The molecule has 0 radical (unpaired) electrons. The lowest BCUT2D eigenvalue weighted by Crippen LogP contribution is -2.55. The van der Waals surface area contributed by atoms with E-state index in [-0.39, 0.29) is 17.5 Å². The number of likely N-dealkylation sites (tertiary alicyclic amines) is 1. The van der Waals surface area contributed by atoms with Gasteiger partial charge in [-0.3, -0.25) is 0 Å². The molecule has 0 aliphatic carbocycles. The summed E-state index contributed by atoms with van der Waals surface area (Å²) in [5.74, 6) is -0.259. The highest BCUT2D eigenvalue weighted by molar-refractivity contribution is 5.93. The molecule has 1 aromatic carbocycles. The van der Waals surface area contributed by atoms with E-state index in [0.717, 1.165) is 55.7 Å². The van der Waals surface area contributed by atoms with Crippen molar-refractivity contribution in [2.24, 2.45) is 5.41 Å². The summed E-state index contributed by atoms with van der Waals surface area (Å²) in [6.45, 7) is 6.90. The summed E-state index contributed by atoms with van der Waals surface area (Å²) < 4.78 is 10.9. The van der Waals surface area contributed by atoms with Gasteiger partial charge in [-0.2, -0.15) is 0 Å². The van der Waals surface area contributed by atoms with Crippen molar-refractivity contribution in [3.63, 3.8) is 0 Å². The van der Waals surface area contributed by atoms with Crippen LogP contribution in [-0.4, -0.2) is 61.9 Å². The molecular formula is C21H30N2O4. The van der Waals surface area contributed by atoms with E-state index in [9.17, 15) is 9.90 Å². The standard InChI is InChI=1S/C21H30N2O4/c1-14-15(3-4-16-17(14)13-27-20(16)25)18(24)12-23-9-6-21(7-10-23)5-8-22-11-19(21)26-2/h3-4,18-19,22,24H,5-13H2,1-2H3. The van der Waals surface area contributed by atoms with Gasteiger partial charge < -0.3 is 24.8 Å². The third kappa shape index (κ3) is 3.40. The SMILES string of the molecule is COC1CNCCC12CCN(CC(O)c1ccc3c(c1C)COC3=O)CC2. The monoisotopic (exact) mass is 374 g/mol. The third-order valence-corrected chi connectivity index (χ3v) is 6.95. The summed E-state index contributed by atoms with van der Waals surface area (Å²) in [5.41, 5.74) is 3.73. The van der Waals surface area contributed by atoms with Crippen molar-refractivity contribution in [2.45, 2.75) is 45.0 Å². The topological polar surface area (TPSA) is 71.0 Å². The van der Waals surface area contributed by atoms with Crippen molar-refractivity contribution >= 4 is 5.97 Å². The number of nitrogens with one attached hydrogen (secondary N) is 1. The van der Waals surface area contributed by atoms with E-state index in [4.69, 9.17) is 9.47 Å². The first-order valence-electron chi connectivity index (χ1n) is 9.97. The Kier molecular flexibility index (Phi) is 5.25. The Morgan fingerprint density at radius 2 is 2.15 bits per heavy atom. The lowest BCUT2D eigenvalue weighted by Gasteiger charge is -2.49. The number of hydrogen-bond acceptors (Lipinski definition) is 6. The van der Waals surface area contributed by atoms with Crippen molar-refractivity contribution in [1.29, 1.82) is 0 Å². The summed E-state index contributed by atoms with van der Waals surface area (Å²) in [7, 11) is 1.82. The second-order valence-corrected chi connectivity index (χ2v) is 8.24. The number of fused-ring (bicyclic) bond motifs is 1. The van der Waals surface area contributed by atoms with Crippen LogP contribution >= 0.6 is 0 Å². The zero-order valence-electron chi connectivity index (χ0n) is 16.3. The molecule has 3 heterocycles. The van der Waals surface area contributed by atoms with Gasteiger partial charge >= 0.3 is 5.97 Å². The van der Waals surface area contributed by atoms with Crippen LogP contribution in [0, 0.1) is 12.3 Å². The van der Waals surface area contributed by atoms with Crippen molar-refractivity contribution < 1.29 is 19.4 Å². The number of hydrogen-bond donors (Lipinski definition) is 2. The third-order valence-electron chi connectivity index (χ3n) is 6.95. The molecule has 2 N–H and O–H groups in total. The molecule has 27 heavy (non-hydrogen) atoms. The number of nitrogens with zero attached hydrogens (tertiary/aromatic N) is 1. The summed E-state index contributed by atoms with van der Waals surface area (Å²) in [6, 6.07) is 3.67. The zero-order valence-corrected chi connectivity index (χ0v) is 16.3. The van der Waals surface area contributed by atoms with Crippen LogP contribution in [0.15, 0.2) is 12.1 Å². The number of benzene rings is 1. The minimum atomic E-state index is -0.550. The van der Waals surface area contributed by atoms with Crippen LogP contribution in [0.3, 0.4) is 0 Å². The van der Waals surface area contributed by atoms with Crippen LogP contribution in [0.1, 0.15) is 52.4 Å². The zero-order chi connectivity index (χ0) is 19.0. The van der Waals surface area contributed by atoms with Gasteiger partial charge in [-0.25, -0.2) is 4.79 Å². The quantitative estimate of drug-likeness (QED) is 0.783. The second kappa shape index (κ2) is 7.51. The number of cyclic esters (lactones) is 1. The van der Waals surface area contributed by atoms with Crippen LogP contribution in [0.4, 0.5) is 0 Å². The van der Waals surface area contributed by atoms with Crippen LogP contribution < -0.4 is 5.32 Å². The van der Waals surface area contributed by atoms with Gasteiger partial charge in [-0.05, 0) is 63.0 Å². The van der Waals surface area contributed by atoms with Crippen LogP contribution in [0.25, 0.3) is 0 Å². The number of β-amino-alcohol motifs (C(OH)–C–C–N with tert-alkyl or cyclic N) is 1. The van der Waals surface area contributed by atoms with Crippen LogP contribution in [0.2, 0.25) is 0 Å². The highest BCUT2D eigenvalue weighted by Crippen LogP contribution is 2.41. The maximum Gasteiger partial charge on any atom is 0.338 e. The Morgan fingerprint density at radius 3 is 2.89 bits per heavy atom. The number of carbonyl (C=O) groups excluding carboxylic acids is 1. The van der Waals surface area contributed by atoms with Gasteiger partial charge in [0.1, 0.15) is 6.61 Å². The van der Waals surface area contributed by atoms with E-state index >= 15 is 0 Å². The largest absolute Gasteiger partial charge is 0.457 e. The molecule has 2 fully saturated rings. The van der Waals surface area contributed by atoms with Gasteiger partial charge in [0.25, 0.3) is 0 Å². The van der Waals surface area contributed by atoms with E-state index in [1.807, 2.05) is 20.1 Å². The summed E-state index contributed by atoms with van der Waals surface area (Å²) in [5, 5.41) is 14.3. The normalized spacial score (nSPS) is 26.0. The summed E-state index contributed by atoms with van der Waals surface area (Å²) in [6.07, 6.45) is 3.14. The van der Waals surface area contributed by atoms with Gasteiger partial charge in [0.2, 0.25) is 0 Å². The van der Waals surface area contributed by atoms with Gasteiger partial charge in [-0.15, -0.1) is 0 Å².